The van der Waals surface area contributed by atoms with Crippen LogP contribution in [0.3, 0.4) is 0 Å². The number of fused-ring (bicyclic) bond motifs is 3. The fourth-order valence-electron chi connectivity index (χ4n) is 5.96. The second-order valence-corrected chi connectivity index (χ2v) is 10.9. The van der Waals surface area contributed by atoms with E-state index in [-0.39, 0.29) is 12.4 Å². The molecule has 7 nitrogen and oxygen atoms in total. The van der Waals surface area contributed by atoms with Gasteiger partial charge in [0.05, 0.1) is 30.3 Å². The molecule has 0 bridgehead atoms. The van der Waals surface area contributed by atoms with Crippen LogP contribution >= 0.6 is 15.9 Å². The van der Waals surface area contributed by atoms with E-state index in [1.807, 2.05) is 84.6 Å². The van der Waals surface area contributed by atoms with E-state index in [0.717, 1.165) is 16.9 Å². The van der Waals surface area contributed by atoms with Crippen LogP contribution in [0, 0.1) is 16.7 Å². The molecule has 5 rings (SSSR count). The Morgan fingerprint density at radius 1 is 1.10 bits per heavy atom. The normalized spacial score (nSPS) is 22.6. The number of rotatable bonds is 7. The second-order valence-electron chi connectivity index (χ2n) is 10.1. The van der Waals surface area contributed by atoms with Crippen molar-refractivity contribution in [3.63, 3.8) is 0 Å². The number of Topliss-reactive ketones (excluding diaryl/α,β-unsaturated/α-hetero) is 1. The molecule has 0 saturated carbocycles. The standard InChI is InChI=1S/C32H30BrN3O4/c1-5-40-31(38)32(19-34)27-17-13-20-8-6-7-9-25(20)36(27)29(28(32)21-10-14-23(15-11-21)35(2)3)30(37)22-12-16-26(39-4)24(33)18-22/h6-18,27-29H,5H2,1-4H3/t27-,28-,29+,32+/m0/s1. The van der Waals surface area contributed by atoms with Gasteiger partial charge in [0.2, 0.25) is 0 Å². The van der Waals surface area contributed by atoms with Crippen molar-refractivity contribution in [2.45, 2.75) is 24.9 Å². The number of para-hydroxylation sites is 1. The molecule has 3 aromatic carbocycles. The molecule has 2 aliphatic rings. The maximum atomic E-state index is 14.6. The van der Waals surface area contributed by atoms with Crippen LogP contribution < -0.4 is 14.5 Å². The fraction of sp³-hybridized carbons (Fsp3) is 0.281. The van der Waals surface area contributed by atoms with E-state index in [0.29, 0.717) is 21.3 Å². The first-order chi connectivity index (χ1) is 19.3. The second kappa shape index (κ2) is 10.8. The van der Waals surface area contributed by atoms with Crippen LogP contribution in [0.5, 0.6) is 5.75 Å². The van der Waals surface area contributed by atoms with Gasteiger partial charge in [0.25, 0.3) is 0 Å². The number of esters is 1. The lowest BCUT2D eigenvalue weighted by atomic mass is 9.68. The molecule has 0 spiro atoms. The fourth-order valence-corrected chi connectivity index (χ4v) is 6.50. The summed E-state index contributed by atoms with van der Waals surface area (Å²) in [4.78, 5) is 32.4. The van der Waals surface area contributed by atoms with Crippen molar-refractivity contribution in [1.82, 2.24) is 0 Å². The summed E-state index contributed by atoms with van der Waals surface area (Å²) in [6, 6.07) is 21.4. The van der Waals surface area contributed by atoms with Crippen LogP contribution in [-0.2, 0) is 9.53 Å². The summed E-state index contributed by atoms with van der Waals surface area (Å²) in [5.41, 5.74) is 2.14. The predicted octanol–water partition coefficient (Wildman–Crippen LogP) is 5.85. The Bertz CT molecular complexity index is 1530. The van der Waals surface area contributed by atoms with Crippen molar-refractivity contribution in [3.05, 3.63) is 94.0 Å². The first-order valence-corrected chi connectivity index (χ1v) is 13.9. The molecule has 3 aromatic rings. The molecule has 0 amide bonds. The number of hydrogen-bond donors (Lipinski definition) is 0. The highest BCUT2D eigenvalue weighted by atomic mass is 79.9. The number of hydrogen-bond acceptors (Lipinski definition) is 7. The molecule has 204 valence electrons. The van der Waals surface area contributed by atoms with Gasteiger partial charge in [0.1, 0.15) is 11.8 Å². The first-order valence-electron chi connectivity index (χ1n) is 13.1. The smallest absolute Gasteiger partial charge is 0.329 e. The maximum absolute atomic E-state index is 14.6. The number of ether oxygens (including phenoxy) is 2. The number of methoxy groups -OCH3 is 1. The summed E-state index contributed by atoms with van der Waals surface area (Å²) >= 11 is 3.51. The van der Waals surface area contributed by atoms with Gasteiger partial charge >= 0.3 is 5.97 Å². The lowest BCUT2D eigenvalue weighted by Crippen LogP contribution is -2.47. The molecule has 0 unspecified atom stereocenters. The number of nitrogens with zero attached hydrogens (tertiary/aromatic N) is 3. The molecule has 1 fully saturated rings. The Kier molecular flexibility index (Phi) is 7.43. The summed E-state index contributed by atoms with van der Waals surface area (Å²) in [7, 11) is 5.45. The van der Waals surface area contributed by atoms with E-state index in [9.17, 15) is 14.9 Å². The van der Waals surface area contributed by atoms with Gasteiger partial charge in [0.15, 0.2) is 11.2 Å². The Labute approximate surface area is 242 Å². The topological polar surface area (TPSA) is 82.9 Å². The van der Waals surface area contributed by atoms with Crippen molar-refractivity contribution in [2.75, 3.05) is 37.6 Å². The van der Waals surface area contributed by atoms with Gasteiger partial charge in [-0.15, -0.1) is 0 Å². The van der Waals surface area contributed by atoms with E-state index in [4.69, 9.17) is 9.47 Å². The summed E-state index contributed by atoms with van der Waals surface area (Å²) in [5.74, 6) is -1.06. The minimum atomic E-state index is -1.68. The highest BCUT2D eigenvalue weighted by Gasteiger charge is 2.67. The van der Waals surface area contributed by atoms with Crippen LogP contribution in [0.25, 0.3) is 6.08 Å². The first kappa shape index (κ1) is 27.5. The van der Waals surface area contributed by atoms with Gasteiger partial charge in [-0.3, -0.25) is 9.59 Å². The summed E-state index contributed by atoms with van der Waals surface area (Å²) in [5, 5.41) is 10.9. The molecule has 0 N–H and O–H groups in total. The SMILES string of the molecule is CCOC(=O)[C@]1(C#N)[C@@H]2C=Cc3ccccc3N2[C@@H](C(=O)c2ccc(OC)c(Br)c2)[C@@H]1c1ccc(N(C)C)cc1. The van der Waals surface area contributed by atoms with Crippen LogP contribution in [0.15, 0.2) is 77.3 Å². The average molecular weight is 601 g/mol. The third-order valence-corrected chi connectivity index (χ3v) is 8.44. The zero-order chi connectivity index (χ0) is 28.6. The van der Waals surface area contributed by atoms with Crippen molar-refractivity contribution in [1.29, 1.82) is 5.26 Å². The molecule has 40 heavy (non-hydrogen) atoms. The zero-order valence-electron chi connectivity index (χ0n) is 22.8. The number of carbonyl (C=O) groups excluding carboxylic acids is 2. The van der Waals surface area contributed by atoms with E-state index in [2.05, 4.69) is 22.0 Å². The van der Waals surface area contributed by atoms with E-state index >= 15 is 0 Å². The molecule has 2 heterocycles. The number of benzene rings is 3. The summed E-state index contributed by atoms with van der Waals surface area (Å²) in [6.45, 7) is 1.84. The quantitative estimate of drug-likeness (QED) is 0.249. The van der Waals surface area contributed by atoms with Crippen molar-refractivity contribution < 1.29 is 19.1 Å². The third kappa shape index (κ3) is 4.25. The Morgan fingerprint density at radius 3 is 2.45 bits per heavy atom. The van der Waals surface area contributed by atoms with E-state index in [1.165, 1.54) is 0 Å². The van der Waals surface area contributed by atoms with Crippen LogP contribution in [-0.4, -0.2) is 51.6 Å². The number of ketones is 1. The monoisotopic (exact) mass is 599 g/mol. The predicted molar refractivity (Wildman–Crippen MR) is 159 cm³/mol. The lowest BCUT2D eigenvalue weighted by Gasteiger charge is -2.36. The molecule has 8 heteroatoms. The largest absolute Gasteiger partial charge is 0.496 e. The van der Waals surface area contributed by atoms with Gasteiger partial charge in [-0.25, -0.2) is 0 Å². The molecule has 2 aliphatic heterocycles. The van der Waals surface area contributed by atoms with Gasteiger partial charge in [-0.2, -0.15) is 5.26 Å². The third-order valence-electron chi connectivity index (χ3n) is 7.82. The number of anilines is 2. The van der Waals surface area contributed by atoms with E-state index in [1.54, 1.807) is 32.2 Å². The minimum Gasteiger partial charge on any atom is -0.496 e. The van der Waals surface area contributed by atoms with Crippen molar-refractivity contribution >= 4 is 45.1 Å². The number of nitriles is 1. The maximum Gasteiger partial charge on any atom is 0.329 e. The molecular formula is C32H30BrN3O4. The van der Waals surface area contributed by atoms with Crippen LogP contribution in [0.1, 0.15) is 34.3 Å². The molecule has 0 aromatic heterocycles. The zero-order valence-corrected chi connectivity index (χ0v) is 24.4. The summed E-state index contributed by atoms with van der Waals surface area (Å²) in [6.07, 6.45) is 3.78. The van der Waals surface area contributed by atoms with Gasteiger partial charge in [0, 0.05) is 37.0 Å². The van der Waals surface area contributed by atoms with Gasteiger partial charge < -0.3 is 19.3 Å². The lowest BCUT2D eigenvalue weighted by molar-refractivity contribution is -0.152. The minimum absolute atomic E-state index is 0.117. The highest BCUT2D eigenvalue weighted by Crippen LogP contribution is 2.56. The number of carbonyl (C=O) groups is 2. The highest BCUT2D eigenvalue weighted by molar-refractivity contribution is 9.10. The molecular weight excluding hydrogens is 570 g/mol. The Balaban J connectivity index is 1.78. The molecule has 0 aliphatic carbocycles. The van der Waals surface area contributed by atoms with Crippen molar-refractivity contribution in [2.24, 2.45) is 5.41 Å². The summed E-state index contributed by atoms with van der Waals surface area (Å²) < 4.78 is 11.6. The van der Waals surface area contributed by atoms with Crippen LogP contribution in [0.2, 0.25) is 0 Å². The number of halogens is 1. The van der Waals surface area contributed by atoms with Gasteiger partial charge in [-0.1, -0.05) is 42.5 Å². The average Bonchev–Trinajstić information content (AvgIpc) is 3.28. The van der Waals surface area contributed by atoms with Crippen LogP contribution in [0.4, 0.5) is 11.4 Å². The molecule has 4 atom stereocenters. The molecule has 0 radical (unpaired) electrons. The Morgan fingerprint density at radius 2 is 1.82 bits per heavy atom. The molecule has 1 saturated heterocycles. The van der Waals surface area contributed by atoms with Crippen molar-refractivity contribution in [3.8, 4) is 11.8 Å². The Hall–Kier alpha value is -4.09. The van der Waals surface area contributed by atoms with E-state index < -0.39 is 29.4 Å². The van der Waals surface area contributed by atoms with Gasteiger partial charge in [-0.05, 0) is 70.4 Å².